The molecule has 8 nitrogen and oxygen atoms in total. The van der Waals surface area contributed by atoms with Gasteiger partial charge in [-0.05, 0) is 27.7 Å². The van der Waals surface area contributed by atoms with Crippen LogP contribution < -0.4 is 5.73 Å². The smallest absolute Gasteiger partial charge is 0.410 e. The Hall–Kier alpha value is -2.22. The number of amides is 1. The van der Waals surface area contributed by atoms with Gasteiger partial charge in [0.1, 0.15) is 23.9 Å². The molecule has 24 heavy (non-hydrogen) atoms. The Bertz CT molecular complexity index is 607. The summed E-state index contributed by atoms with van der Waals surface area (Å²) >= 11 is 0. The number of carbonyl (C=O) groups is 2. The maximum absolute atomic E-state index is 12.5. The number of Topliss-reactive ketones (excluding diaryl/α,β-unsaturated/α-hetero) is 1. The summed E-state index contributed by atoms with van der Waals surface area (Å²) in [6.07, 6.45) is 0.290. The minimum absolute atomic E-state index is 0.0747. The summed E-state index contributed by atoms with van der Waals surface area (Å²) in [4.78, 5) is 34.1. The highest BCUT2D eigenvalue weighted by Gasteiger charge is 2.32. The number of carbonyl (C=O) groups excluding carboxylic acids is 2. The van der Waals surface area contributed by atoms with Crippen LogP contribution in [0.1, 0.15) is 32.0 Å². The number of nitrogen functional groups attached to an aromatic ring is 1. The standard InChI is InChI=1S/C16H24N4O4/c1-10-11(14(17)19-9-18-10)7-12(21)13-8-20(5-6-23-13)15(22)24-16(2,3)4/h9,13H,5-8H2,1-4H3,(H2,17,18,19)/t13-/m0/s1. The van der Waals surface area contributed by atoms with Crippen LogP contribution in [0.3, 0.4) is 0 Å². The number of ketones is 1. The van der Waals surface area contributed by atoms with E-state index in [9.17, 15) is 9.59 Å². The minimum Gasteiger partial charge on any atom is -0.444 e. The molecule has 1 fully saturated rings. The molecule has 2 rings (SSSR count). The van der Waals surface area contributed by atoms with Crippen molar-refractivity contribution in [2.24, 2.45) is 0 Å². The van der Waals surface area contributed by atoms with Crippen LogP contribution in [-0.4, -0.2) is 58.1 Å². The van der Waals surface area contributed by atoms with Gasteiger partial charge in [-0.25, -0.2) is 14.8 Å². The van der Waals surface area contributed by atoms with Crippen LogP contribution in [-0.2, 0) is 20.7 Å². The topological polar surface area (TPSA) is 108 Å². The van der Waals surface area contributed by atoms with Crippen LogP contribution in [0.5, 0.6) is 0 Å². The number of nitrogens with two attached hydrogens (primary N) is 1. The first-order valence-corrected chi connectivity index (χ1v) is 7.85. The number of nitrogens with zero attached hydrogens (tertiary/aromatic N) is 3. The Kier molecular flexibility index (Phi) is 5.38. The monoisotopic (exact) mass is 336 g/mol. The van der Waals surface area contributed by atoms with E-state index in [0.717, 1.165) is 0 Å². The van der Waals surface area contributed by atoms with Crippen LogP contribution in [0, 0.1) is 6.92 Å². The highest BCUT2D eigenvalue weighted by atomic mass is 16.6. The predicted molar refractivity (Wildman–Crippen MR) is 87.4 cm³/mol. The zero-order valence-electron chi connectivity index (χ0n) is 14.5. The molecule has 2 N–H and O–H groups in total. The van der Waals surface area contributed by atoms with Gasteiger partial charge in [0.2, 0.25) is 0 Å². The molecule has 0 aliphatic carbocycles. The number of anilines is 1. The van der Waals surface area contributed by atoms with Crippen molar-refractivity contribution in [2.75, 3.05) is 25.4 Å². The number of rotatable bonds is 3. The van der Waals surface area contributed by atoms with E-state index in [0.29, 0.717) is 17.8 Å². The third-order valence-corrected chi connectivity index (χ3v) is 3.62. The highest BCUT2D eigenvalue weighted by molar-refractivity contribution is 5.87. The van der Waals surface area contributed by atoms with Gasteiger partial charge < -0.3 is 20.1 Å². The molecule has 1 aromatic heterocycles. The summed E-state index contributed by atoms with van der Waals surface area (Å²) in [5.74, 6) is 0.128. The van der Waals surface area contributed by atoms with Crippen molar-refractivity contribution in [2.45, 2.75) is 45.8 Å². The first kappa shape index (κ1) is 18.1. The van der Waals surface area contributed by atoms with Gasteiger partial charge in [0.15, 0.2) is 5.78 Å². The summed E-state index contributed by atoms with van der Waals surface area (Å²) in [6, 6.07) is 0. The summed E-state index contributed by atoms with van der Waals surface area (Å²) in [5.41, 5.74) is 6.49. The van der Waals surface area contributed by atoms with Crippen molar-refractivity contribution in [3.05, 3.63) is 17.6 Å². The van der Waals surface area contributed by atoms with Crippen LogP contribution in [0.2, 0.25) is 0 Å². The minimum atomic E-state index is -0.703. The number of morpholine rings is 1. The van der Waals surface area contributed by atoms with E-state index in [2.05, 4.69) is 9.97 Å². The first-order chi connectivity index (χ1) is 11.2. The van der Waals surface area contributed by atoms with Gasteiger partial charge in [0.25, 0.3) is 0 Å². The normalized spacial score (nSPS) is 18.3. The molecular formula is C16H24N4O4. The zero-order chi connectivity index (χ0) is 17.9. The van der Waals surface area contributed by atoms with Crippen LogP contribution >= 0.6 is 0 Å². The Labute approximate surface area is 141 Å². The average Bonchev–Trinajstić information content (AvgIpc) is 2.49. The van der Waals surface area contributed by atoms with Crippen LogP contribution in [0.15, 0.2) is 6.33 Å². The van der Waals surface area contributed by atoms with Crippen molar-refractivity contribution >= 4 is 17.7 Å². The molecule has 2 heterocycles. The number of hydrogen-bond donors (Lipinski definition) is 1. The van der Waals surface area contributed by atoms with Gasteiger partial charge in [0.05, 0.1) is 13.2 Å². The second-order valence-electron chi connectivity index (χ2n) is 6.75. The van der Waals surface area contributed by atoms with Gasteiger partial charge in [-0.3, -0.25) is 4.79 Å². The molecule has 0 saturated carbocycles. The summed E-state index contributed by atoms with van der Waals surface area (Å²) in [5, 5.41) is 0. The third-order valence-electron chi connectivity index (χ3n) is 3.62. The lowest BCUT2D eigenvalue weighted by Crippen LogP contribution is -2.50. The van der Waals surface area contributed by atoms with Crippen LogP contribution in [0.4, 0.5) is 10.6 Å². The van der Waals surface area contributed by atoms with Gasteiger partial charge in [-0.1, -0.05) is 0 Å². The molecule has 8 heteroatoms. The maximum Gasteiger partial charge on any atom is 0.410 e. The van der Waals surface area contributed by atoms with Gasteiger partial charge in [0, 0.05) is 24.2 Å². The fourth-order valence-electron chi connectivity index (χ4n) is 2.36. The SMILES string of the molecule is Cc1ncnc(N)c1CC(=O)[C@@H]1CN(C(=O)OC(C)(C)C)CCO1. The Balaban J connectivity index is 2.01. The van der Waals surface area contributed by atoms with Crippen molar-refractivity contribution in [1.29, 1.82) is 0 Å². The van der Waals surface area contributed by atoms with Crippen LogP contribution in [0.25, 0.3) is 0 Å². The van der Waals surface area contributed by atoms with Crippen molar-refractivity contribution in [3.8, 4) is 0 Å². The van der Waals surface area contributed by atoms with Gasteiger partial charge in [-0.15, -0.1) is 0 Å². The number of aromatic nitrogens is 2. The largest absolute Gasteiger partial charge is 0.444 e. The summed E-state index contributed by atoms with van der Waals surface area (Å²) in [7, 11) is 0. The van der Waals surface area contributed by atoms with Gasteiger partial charge in [-0.2, -0.15) is 0 Å². The molecule has 1 atom stereocenters. The summed E-state index contributed by atoms with van der Waals surface area (Å²) < 4.78 is 10.9. The zero-order valence-corrected chi connectivity index (χ0v) is 14.5. The lowest BCUT2D eigenvalue weighted by atomic mass is 10.0. The molecule has 1 amide bonds. The Morgan fingerprint density at radius 1 is 1.42 bits per heavy atom. The second kappa shape index (κ2) is 7.12. The maximum atomic E-state index is 12.5. The van der Waals surface area contributed by atoms with E-state index in [1.165, 1.54) is 11.2 Å². The quantitative estimate of drug-likeness (QED) is 0.881. The number of ether oxygens (including phenoxy) is 2. The molecule has 0 aromatic carbocycles. The Morgan fingerprint density at radius 3 is 2.75 bits per heavy atom. The van der Waals surface area contributed by atoms with Gasteiger partial charge >= 0.3 is 6.09 Å². The van der Waals surface area contributed by atoms with E-state index in [4.69, 9.17) is 15.2 Å². The number of hydrogen-bond acceptors (Lipinski definition) is 7. The summed E-state index contributed by atoms with van der Waals surface area (Å²) in [6.45, 7) is 8.03. The fourth-order valence-corrected chi connectivity index (χ4v) is 2.36. The lowest BCUT2D eigenvalue weighted by Gasteiger charge is -2.33. The highest BCUT2D eigenvalue weighted by Crippen LogP contribution is 2.17. The van der Waals surface area contributed by atoms with Crippen molar-refractivity contribution in [1.82, 2.24) is 14.9 Å². The second-order valence-corrected chi connectivity index (χ2v) is 6.75. The molecule has 1 aliphatic rings. The Morgan fingerprint density at radius 2 is 2.12 bits per heavy atom. The van der Waals surface area contributed by atoms with E-state index in [-0.39, 0.29) is 31.2 Å². The first-order valence-electron chi connectivity index (χ1n) is 7.85. The molecule has 1 aromatic rings. The predicted octanol–water partition coefficient (Wildman–Crippen LogP) is 1.11. The van der Waals surface area contributed by atoms with E-state index in [1.54, 1.807) is 27.7 Å². The van der Waals surface area contributed by atoms with Crippen molar-refractivity contribution < 1.29 is 19.1 Å². The molecule has 1 saturated heterocycles. The molecule has 1 aliphatic heterocycles. The van der Waals surface area contributed by atoms with E-state index in [1.807, 2.05) is 0 Å². The molecule has 0 unspecified atom stereocenters. The van der Waals surface area contributed by atoms with Crippen molar-refractivity contribution in [3.63, 3.8) is 0 Å². The van der Waals surface area contributed by atoms with E-state index < -0.39 is 17.8 Å². The molecule has 0 bridgehead atoms. The average molecular weight is 336 g/mol. The molecule has 0 spiro atoms. The lowest BCUT2D eigenvalue weighted by molar-refractivity contribution is -0.135. The third kappa shape index (κ3) is 4.64. The molecule has 132 valence electrons. The van der Waals surface area contributed by atoms with E-state index >= 15 is 0 Å². The molecular weight excluding hydrogens is 312 g/mol. The number of aryl methyl sites for hydroxylation is 1. The molecule has 0 radical (unpaired) electrons. The fraction of sp³-hybridized carbons (Fsp3) is 0.625.